The van der Waals surface area contributed by atoms with Gasteiger partial charge < -0.3 is 19.7 Å². The molecule has 54 heavy (non-hydrogen) atoms. The molecule has 2 unspecified atom stereocenters. The molecular formula is C48H96N2O4. The third kappa shape index (κ3) is 35.3. The number of hydrogen-bond donors (Lipinski definition) is 1. The van der Waals surface area contributed by atoms with Crippen molar-refractivity contribution >= 4 is 11.9 Å². The maximum atomic E-state index is 13.0. The molecule has 0 fully saturated rings. The highest BCUT2D eigenvalue weighted by Gasteiger charge is 2.20. The van der Waals surface area contributed by atoms with Crippen molar-refractivity contribution in [3.63, 3.8) is 0 Å². The predicted molar refractivity (Wildman–Crippen MR) is 234 cm³/mol. The van der Waals surface area contributed by atoms with Crippen LogP contribution < -0.4 is 5.32 Å². The van der Waals surface area contributed by atoms with E-state index >= 15 is 0 Å². The van der Waals surface area contributed by atoms with Crippen LogP contribution in [0.3, 0.4) is 0 Å². The van der Waals surface area contributed by atoms with Gasteiger partial charge >= 0.3 is 11.9 Å². The summed E-state index contributed by atoms with van der Waals surface area (Å²) in [4.78, 5) is 28.6. The van der Waals surface area contributed by atoms with Gasteiger partial charge in [0, 0.05) is 0 Å². The second kappa shape index (κ2) is 43.0. The summed E-state index contributed by atoms with van der Waals surface area (Å²) in [5.74, 6) is 0.344. The second-order valence-electron chi connectivity index (χ2n) is 16.7. The van der Waals surface area contributed by atoms with Crippen LogP contribution in [-0.4, -0.2) is 63.3 Å². The van der Waals surface area contributed by atoms with Crippen LogP contribution in [0, 0.1) is 11.8 Å². The summed E-state index contributed by atoms with van der Waals surface area (Å²) in [6, 6.07) is 0. The van der Waals surface area contributed by atoms with Crippen LogP contribution in [0.2, 0.25) is 0 Å². The summed E-state index contributed by atoms with van der Waals surface area (Å²) >= 11 is 0. The molecule has 0 aromatic rings. The van der Waals surface area contributed by atoms with Gasteiger partial charge in [0.2, 0.25) is 0 Å². The summed E-state index contributed by atoms with van der Waals surface area (Å²) in [6.45, 7) is 14.7. The van der Waals surface area contributed by atoms with Gasteiger partial charge in [-0.15, -0.1) is 0 Å². The van der Waals surface area contributed by atoms with Crippen molar-refractivity contribution < 1.29 is 19.1 Å². The Morgan fingerprint density at radius 1 is 0.407 bits per heavy atom. The molecule has 0 saturated heterocycles. The molecule has 0 aromatic heterocycles. The summed E-state index contributed by atoms with van der Waals surface area (Å²) in [5, 5.41) is 3.30. The largest absolute Gasteiger partial charge is 0.465 e. The quantitative estimate of drug-likeness (QED) is 0.0492. The monoisotopic (exact) mass is 765 g/mol. The maximum absolute atomic E-state index is 13.0. The smallest absolute Gasteiger partial charge is 0.308 e. The van der Waals surface area contributed by atoms with Crippen LogP contribution in [0.1, 0.15) is 240 Å². The number of nitrogens with zero attached hydrogens (tertiary/aromatic N) is 1. The lowest BCUT2D eigenvalue weighted by atomic mass is 9.94. The van der Waals surface area contributed by atoms with Gasteiger partial charge in [-0.25, -0.2) is 0 Å². The first kappa shape index (κ1) is 52.9. The standard InChI is InChI=1S/C48H96N2O4/c1-6-10-14-18-20-28-37-45(35-26-16-12-8-3)47(51)53-43-32-24-22-30-40-50(42-34-39-49-5)41-31-23-25-33-44-54-48(52)46(36-27-17-13-9-4)38-29-21-19-15-11-7-2/h45-46,49H,6-44H2,1-5H3. The van der Waals surface area contributed by atoms with Crippen LogP contribution in [0.4, 0.5) is 0 Å². The molecule has 0 aliphatic carbocycles. The van der Waals surface area contributed by atoms with Crippen LogP contribution >= 0.6 is 0 Å². The van der Waals surface area contributed by atoms with Crippen molar-refractivity contribution in [1.29, 1.82) is 0 Å². The fourth-order valence-corrected chi connectivity index (χ4v) is 7.72. The summed E-state index contributed by atoms with van der Waals surface area (Å²) in [7, 11) is 2.04. The topological polar surface area (TPSA) is 67.9 Å². The van der Waals surface area contributed by atoms with Gasteiger partial charge in [0.05, 0.1) is 25.0 Å². The molecule has 0 radical (unpaired) electrons. The minimum atomic E-state index is 0.0689. The zero-order valence-electron chi connectivity index (χ0n) is 37.3. The van der Waals surface area contributed by atoms with Crippen molar-refractivity contribution in [3.8, 4) is 0 Å². The number of unbranched alkanes of at least 4 members (excludes halogenated alkanes) is 22. The highest BCUT2D eigenvalue weighted by atomic mass is 16.5. The highest BCUT2D eigenvalue weighted by Crippen LogP contribution is 2.22. The van der Waals surface area contributed by atoms with Gasteiger partial charge in [0.15, 0.2) is 0 Å². The first-order valence-electron chi connectivity index (χ1n) is 24.2. The molecule has 0 aliphatic heterocycles. The van der Waals surface area contributed by atoms with Crippen molar-refractivity contribution in [1.82, 2.24) is 10.2 Å². The first-order chi connectivity index (χ1) is 26.5. The number of rotatable bonds is 44. The molecule has 0 amide bonds. The van der Waals surface area contributed by atoms with E-state index in [1.54, 1.807) is 0 Å². The van der Waals surface area contributed by atoms with E-state index in [1.165, 1.54) is 135 Å². The molecule has 0 aliphatic rings. The number of hydrogen-bond acceptors (Lipinski definition) is 6. The SMILES string of the molecule is CCCCCCCCC(CCCCCC)C(=O)OCCCCCCN(CCCCCCOC(=O)C(CCCCCC)CCCCCCCC)CCCNC. The summed E-state index contributed by atoms with van der Waals surface area (Å²) in [6.07, 6.45) is 39.3. The van der Waals surface area contributed by atoms with E-state index in [4.69, 9.17) is 9.47 Å². The zero-order valence-corrected chi connectivity index (χ0v) is 37.3. The van der Waals surface area contributed by atoms with Gasteiger partial charge in [-0.05, 0) is 91.0 Å². The van der Waals surface area contributed by atoms with Crippen molar-refractivity contribution in [3.05, 3.63) is 0 Å². The van der Waals surface area contributed by atoms with Gasteiger partial charge in [0.1, 0.15) is 0 Å². The summed E-state index contributed by atoms with van der Waals surface area (Å²) in [5.41, 5.74) is 0. The molecule has 0 bridgehead atoms. The lowest BCUT2D eigenvalue weighted by molar-refractivity contribution is -0.150. The van der Waals surface area contributed by atoms with E-state index in [1.807, 2.05) is 7.05 Å². The molecule has 322 valence electrons. The fourth-order valence-electron chi connectivity index (χ4n) is 7.72. The fraction of sp³-hybridized carbons (Fsp3) is 0.958. The van der Waals surface area contributed by atoms with Gasteiger partial charge in [-0.2, -0.15) is 0 Å². The Balaban J connectivity index is 4.36. The van der Waals surface area contributed by atoms with Crippen molar-refractivity contribution in [2.75, 3.05) is 46.4 Å². The average Bonchev–Trinajstić information content (AvgIpc) is 3.17. The Morgan fingerprint density at radius 2 is 0.704 bits per heavy atom. The average molecular weight is 765 g/mol. The normalized spacial score (nSPS) is 12.7. The molecular weight excluding hydrogens is 669 g/mol. The third-order valence-corrected chi connectivity index (χ3v) is 11.4. The Morgan fingerprint density at radius 3 is 1.07 bits per heavy atom. The van der Waals surface area contributed by atoms with Crippen LogP contribution in [0.15, 0.2) is 0 Å². The van der Waals surface area contributed by atoms with E-state index in [0.29, 0.717) is 13.2 Å². The van der Waals surface area contributed by atoms with Gasteiger partial charge in [0.25, 0.3) is 0 Å². The minimum Gasteiger partial charge on any atom is -0.465 e. The lowest BCUT2D eigenvalue weighted by Gasteiger charge is -2.22. The number of nitrogens with one attached hydrogen (secondary N) is 1. The molecule has 6 heteroatoms. The van der Waals surface area contributed by atoms with Crippen LogP contribution in [0.25, 0.3) is 0 Å². The molecule has 0 spiro atoms. The molecule has 0 heterocycles. The molecule has 0 rings (SSSR count). The highest BCUT2D eigenvalue weighted by molar-refractivity contribution is 5.72. The van der Waals surface area contributed by atoms with E-state index < -0.39 is 0 Å². The number of ether oxygens (including phenoxy) is 2. The Labute approximate surface area is 338 Å². The second-order valence-corrected chi connectivity index (χ2v) is 16.7. The van der Waals surface area contributed by atoms with E-state index in [0.717, 1.165) is 103 Å². The Bertz CT molecular complexity index is 720. The number of esters is 2. The third-order valence-electron chi connectivity index (χ3n) is 11.4. The molecule has 6 nitrogen and oxygen atoms in total. The van der Waals surface area contributed by atoms with Gasteiger partial charge in [-0.3, -0.25) is 9.59 Å². The zero-order chi connectivity index (χ0) is 39.6. The minimum absolute atomic E-state index is 0.0689. The van der Waals surface area contributed by atoms with Crippen LogP contribution in [-0.2, 0) is 19.1 Å². The maximum Gasteiger partial charge on any atom is 0.308 e. The van der Waals surface area contributed by atoms with Gasteiger partial charge in [-0.1, -0.05) is 182 Å². The predicted octanol–water partition coefficient (Wildman–Crippen LogP) is 13.8. The lowest BCUT2D eigenvalue weighted by Crippen LogP contribution is -2.29. The molecule has 2 atom stereocenters. The van der Waals surface area contributed by atoms with Crippen molar-refractivity contribution in [2.24, 2.45) is 11.8 Å². The molecule has 1 N–H and O–H groups in total. The van der Waals surface area contributed by atoms with E-state index in [9.17, 15) is 9.59 Å². The van der Waals surface area contributed by atoms with Crippen molar-refractivity contribution in [2.45, 2.75) is 240 Å². The number of carbonyl (C=O) groups is 2. The summed E-state index contributed by atoms with van der Waals surface area (Å²) < 4.78 is 11.7. The van der Waals surface area contributed by atoms with Crippen LogP contribution in [0.5, 0.6) is 0 Å². The molecule has 0 saturated carbocycles. The first-order valence-corrected chi connectivity index (χ1v) is 24.2. The Kier molecular flexibility index (Phi) is 42.1. The van der Waals surface area contributed by atoms with E-state index in [-0.39, 0.29) is 23.8 Å². The van der Waals surface area contributed by atoms with E-state index in [2.05, 4.69) is 37.9 Å². The number of carbonyl (C=O) groups excluding carboxylic acids is 2. The Hall–Kier alpha value is -1.14. The molecule has 0 aromatic carbocycles.